The molecule has 0 bridgehead atoms. The van der Waals surface area contributed by atoms with Gasteiger partial charge in [-0.25, -0.2) is 4.79 Å². The predicted molar refractivity (Wildman–Crippen MR) is 122 cm³/mol. The normalized spacial score (nSPS) is 13.1. The Balaban J connectivity index is 2.39. The molecule has 1 heterocycles. The molecule has 2 aromatic carbocycles. The number of hydrogen-bond acceptors (Lipinski definition) is 3. The molecule has 158 valence electrons. The maximum atomic E-state index is 12.3. The fraction of sp³-hybridized carbons (Fsp3) is 0.360. The van der Waals surface area contributed by atoms with Gasteiger partial charge < -0.3 is 9.84 Å². The molecule has 4 nitrogen and oxygen atoms in total. The van der Waals surface area contributed by atoms with Crippen molar-refractivity contribution in [3.63, 3.8) is 0 Å². The maximum Gasteiger partial charge on any atom is 0.337 e. The van der Waals surface area contributed by atoms with Gasteiger partial charge in [0.1, 0.15) is 0 Å². The second-order valence-corrected chi connectivity index (χ2v) is 9.33. The predicted octanol–water partition coefficient (Wildman–Crippen LogP) is 6.93. The molecular weight excluding hydrogens is 398 g/mol. The number of carboxylic acids is 1. The Morgan fingerprint density at radius 2 is 1.73 bits per heavy atom. The van der Waals surface area contributed by atoms with Crippen LogP contribution in [0.5, 0.6) is 0 Å². The number of carboxylic acid groups (broad SMARTS) is 1. The van der Waals surface area contributed by atoms with Crippen molar-refractivity contribution in [1.29, 1.82) is 0 Å². The van der Waals surface area contributed by atoms with Crippen molar-refractivity contribution in [2.45, 2.75) is 59.2 Å². The summed E-state index contributed by atoms with van der Waals surface area (Å²) in [6, 6.07) is 13.4. The van der Waals surface area contributed by atoms with Crippen LogP contribution >= 0.6 is 11.6 Å². The lowest BCUT2D eigenvalue weighted by Crippen LogP contribution is -2.28. The summed E-state index contributed by atoms with van der Waals surface area (Å²) < 4.78 is 6.02. The average molecular weight is 426 g/mol. The molecule has 5 heteroatoms. The van der Waals surface area contributed by atoms with E-state index in [1.54, 1.807) is 0 Å². The van der Waals surface area contributed by atoms with Crippen LogP contribution in [0.25, 0.3) is 22.0 Å². The van der Waals surface area contributed by atoms with Crippen molar-refractivity contribution in [3.8, 4) is 11.1 Å². The minimum absolute atomic E-state index is 0.296. The van der Waals surface area contributed by atoms with E-state index in [9.17, 15) is 9.90 Å². The third kappa shape index (κ3) is 4.66. The van der Waals surface area contributed by atoms with Crippen LogP contribution in [0.1, 0.15) is 63.5 Å². The zero-order valence-electron chi connectivity index (χ0n) is 18.3. The van der Waals surface area contributed by atoms with Gasteiger partial charge in [-0.05, 0) is 74.6 Å². The summed E-state index contributed by atoms with van der Waals surface area (Å²) in [4.78, 5) is 17.1. The van der Waals surface area contributed by atoms with Crippen LogP contribution in [0.4, 0.5) is 0 Å². The van der Waals surface area contributed by atoms with E-state index in [0.29, 0.717) is 16.5 Å². The zero-order valence-corrected chi connectivity index (χ0v) is 19.0. The van der Waals surface area contributed by atoms with Gasteiger partial charge in [0.15, 0.2) is 6.10 Å². The third-order valence-corrected chi connectivity index (χ3v) is 5.20. The van der Waals surface area contributed by atoms with E-state index in [0.717, 1.165) is 33.3 Å². The molecule has 1 aromatic heterocycles. The lowest BCUT2D eigenvalue weighted by Gasteiger charge is -2.28. The van der Waals surface area contributed by atoms with E-state index < -0.39 is 17.7 Å². The van der Waals surface area contributed by atoms with Crippen LogP contribution in [0.3, 0.4) is 0 Å². The molecule has 0 aliphatic heterocycles. The number of aromatic nitrogens is 1. The Bertz CT molecular complexity index is 1080. The molecule has 1 atom stereocenters. The highest BCUT2D eigenvalue weighted by molar-refractivity contribution is 6.30. The third-order valence-electron chi connectivity index (χ3n) is 4.95. The monoisotopic (exact) mass is 425 g/mol. The summed E-state index contributed by atoms with van der Waals surface area (Å²) in [5.74, 6) is -0.723. The molecule has 0 aliphatic carbocycles. The highest BCUT2D eigenvalue weighted by Crippen LogP contribution is 2.40. The van der Waals surface area contributed by atoms with Crippen molar-refractivity contribution >= 4 is 28.5 Å². The second kappa shape index (κ2) is 8.37. The topological polar surface area (TPSA) is 59.4 Å². The van der Waals surface area contributed by atoms with Crippen LogP contribution in [0, 0.1) is 6.92 Å². The summed E-state index contributed by atoms with van der Waals surface area (Å²) >= 11 is 6.11. The molecule has 30 heavy (non-hydrogen) atoms. The van der Waals surface area contributed by atoms with Crippen LogP contribution in [-0.2, 0) is 9.53 Å². The molecule has 3 aromatic rings. The second-order valence-electron chi connectivity index (χ2n) is 8.90. The number of halogens is 1. The smallest absolute Gasteiger partial charge is 0.337 e. The molecule has 0 aliphatic rings. The van der Waals surface area contributed by atoms with Gasteiger partial charge in [-0.2, -0.15) is 0 Å². The number of aliphatic carboxylic acids is 1. The highest BCUT2D eigenvalue weighted by atomic mass is 35.5. The van der Waals surface area contributed by atoms with Gasteiger partial charge in [-0.15, -0.1) is 0 Å². The van der Waals surface area contributed by atoms with Gasteiger partial charge >= 0.3 is 5.97 Å². The fourth-order valence-electron chi connectivity index (χ4n) is 3.61. The zero-order chi connectivity index (χ0) is 22.2. The number of hydrogen-bond donors (Lipinski definition) is 1. The molecule has 0 amide bonds. The molecule has 0 saturated heterocycles. The summed E-state index contributed by atoms with van der Waals surface area (Å²) in [5, 5.41) is 11.6. The Morgan fingerprint density at radius 3 is 2.27 bits per heavy atom. The van der Waals surface area contributed by atoms with E-state index in [-0.39, 0.29) is 0 Å². The Hall–Kier alpha value is -2.43. The number of nitrogens with zero attached hydrogens (tertiary/aromatic N) is 1. The molecule has 0 fully saturated rings. The maximum absolute atomic E-state index is 12.3. The number of benzene rings is 2. The van der Waals surface area contributed by atoms with Gasteiger partial charge in [0, 0.05) is 21.7 Å². The number of ether oxygens (including phenoxy) is 1. The van der Waals surface area contributed by atoms with Gasteiger partial charge in [0.25, 0.3) is 0 Å². The van der Waals surface area contributed by atoms with E-state index >= 15 is 0 Å². The first-order valence-electron chi connectivity index (χ1n) is 10.1. The van der Waals surface area contributed by atoms with Gasteiger partial charge in [-0.3, -0.25) is 4.98 Å². The Morgan fingerprint density at radius 1 is 1.10 bits per heavy atom. The summed E-state index contributed by atoms with van der Waals surface area (Å²) in [5.41, 5.74) is 4.39. The summed E-state index contributed by atoms with van der Waals surface area (Å²) in [6.07, 6.45) is -1.11. The lowest BCUT2D eigenvalue weighted by molar-refractivity contribution is -0.160. The molecule has 0 saturated carbocycles. The molecule has 1 N–H and O–H groups in total. The number of aryl methyl sites for hydroxylation is 1. The van der Waals surface area contributed by atoms with E-state index in [1.165, 1.54) is 0 Å². The van der Waals surface area contributed by atoms with Crippen molar-refractivity contribution in [2.75, 3.05) is 0 Å². The molecule has 0 spiro atoms. The number of pyridine rings is 1. The Labute approximate surface area is 182 Å². The number of rotatable bonds is 5. The fourth-order valence-corrected chi connectivity index (χ4v) is 3.74. The van der Waals surface area contributed by atoms with Gasteiger partial charge in [-0.1, -0.05) is 43.6 Å². The molecule has 0 radical (unpaired) electrons. The number of fused-ring (bicyclic) bond motifs is 1. The van der Waals surface area contributed by atoms with Gasteiger partial charge in [0.2, 0.25) is 0 Å². The van der Waals surface area contributed by atoms with Crippen molar-refractivity contribution in [2.24, 2.45) is 0 Å². The molecule has 0 unspecified atom stereocenters. The van der Waals surface area contributed by atoms with Crippen molar-refractivity contribution < 1.29 is 14.6 Å². The van der Waals surface area contributed by atoms with Crippen molar-refractivity contribution in [3.05, 3.63) is 64.3 Å². The molecule has 3 rings (SSSR count). The SMILES string of the molecule is Cc1cc2nc(C(C)C)ccc2c(-c2ccc(Cl)cc2)c1[C@H](OC(C)(C)C)C(=O)O. The quantitative estimate of drug-likeness (QED) is 0.481. The first-order valence-corrected chi connectivity index (χ1v) is 10.5. The average Bonchev–Trinajstić information content (AvgIpc) is 2.64. The lowest BCUT2D eigenvalue weighted by atomic mass is 9.88. The van der Waals surface area contributed by atoms with E-state index in [1.807, 2.05) is 70.2 Å². The summed E-state index contributed by atoms with van der Waals surface area (Å²) in [7, 11) is 0. The summed E-state index contributed by atoms with van der Waals surface area (Å²) in [6.45, 7) is 11.7. The van der Waals surface area contributed by atoms with Crippen LogP contribution in [-0.4, -0.2) is 21.7 Å². The Kier molecular flexibility index (Phi) is 6.21. The van der Waals surface area contributed by atoms with Crippen LogP contribution in [0.2, 0.25) is 5.02 Å². The highest BCUT2D eigenvalue weighted by Gasteiger charge is 2.31. The minimum Gasteiger partial charge on any atom is -0.479 e. The van der Waals surface area contributed by atoms with E-state index in [4.69, 9.17) is 21.3 Å². The van der Waals surface area contributed by atoms with Crippen molar-refractivity contribution in [1.82, 2.24) is 4.98 Å². The standard InChI is InChI=1S/C25H28ClNO3/c1-14(2)19-12-11-18-20(27-19)13-15(3)21(23(24(28)29)30-25(4,5)6)22(18)16-7-9-17(26)10-8-16/h7-14,23H,1-6H3,(H,28,29)/t23-/m0/s1. The first kappa shape index (κ1) is 22.3. The van der Waals surface area contributed by atoms with Crippen LogP contribution in [0.15, 0.2) is 42.5 Å². The van der Waals surface area contributed by atoms with E-state index in [2.05, 4.69) is 13.8 Å². The van der Waals surface area contributed by atoms with Gasteiger partial charge in [0.05, 0.1) is 11.1 Å². The van der Waals surface area contributed by atoms with Crippen LogP contribution < -0.4 is 0 Å². The first-order chi connectivity index (χ1) is 14.0. The largest absolute Gasteiger partial charge is 0.479 e. The molecular formula is C25H28ClNO3. The minimum atomic E-state index is -1.11. The number of carbonyl (C=O) groups is 1.